The van der Waals surface area contributed by atoms with Crippen molar-refractivity contribution >= 4 is 27.3 Å². The van der Waals surface area contributed by atoms with Crippen molar-refractivity contribution in [1.82, 2.24) is 9.78 Å². The highest BCUT2D eigenvalue weighted by atomic mass is 79.9. The van der Waals surface area contributed by atoms with Crippen molar-refractivity contribution in [1.29, 1.82) is 0 Å². The second-order valence-corrected chi connectivity index (χ2v) is 5.46. The normalized spacial score (nSPS) is 10.6. The van der Waals surface area contributed by atoms with E-state index in [9.17, 15) is 10.1 Å². The lowest BCUT2D eigenvalue weighted by Gasteiger charge is -2.08. The van der Waals surface area contributed by atoms with Gasteiger partial charge in [-0.3, -0.25) is 14.8 Å². The van der Waals surface area contributed by atoms with E-state index in [0.717, 1.165) is 17.0 Å². The smallest absolute Gasteiger partial charge is 0.293 e. The van der Waals surface area contributed by atoms with Crippen molar-refractivity contribution in [3.63, 3.8) is 0 Å². The number of aromatic nitrogens is 2. The summed E-state index contributed by atoms with van der Waals surface area (Å²) in [7, 11) is 1.88. The first kappa shape index (κ1) is 14.5. The number of anilines is 1. The minimum Gasteiger partial charge on any atom is -0.375 e. The highest BCUT2D eigenvalue weighted by Gasteiger charge is 2.15. The molecule has 1 heterocycles. The second kappa shape index (κ2) is 5.62. The quantitative estimate of drug-likeness (QED) is 0.685. The average molecular weight is 339 g/mol. The Morgan fingerprint density at radius 3 is 2.70 bits per heavy atom. The molecule has 0 aliphatic rings. The third kappa shape index (κ3) is 2.82. The Kier molecular flexibility index (Phi) is 4.08. The highest BCUT2D eigenvalue weighted by Crippen LogP contribution is 2.28. The Hall–Kier alpha value is -1.89. The van der Waals surface area contributed by atoms with Gasteiger partial charge in [0.05, 0.1) is 10.6 Å². The number of nitro benzene ring substituents is 1. The molecule has 6 nitrogen and oxygen atoms in total. The number of halogens is 1. The van der Waals surface area contributed by atoms with Crippen LogP contribution in [0.15, 0.2) is 22.7 Å². The second-order valence-electron chi connectivity index (χ2n) is 4.55. The summed E-state index contributed by atoms with van der Waals surface area (Å²) >= 11 is 3.24. The van der Waals surface area contributed by atoms with Crippen LogP contribution in [0.25, 0.3) is 0 Å². The molecule has 0 saturated carbocycles. The van der Waals surface area contributed by atoms with Gasteiger partial charge in [-0.2, -0.15) is 5.10 Å². The maximum absolute atomic E-state index is 11.1. The maximum Gasteiger partial charge on any atom is 0.293 e. The van der Waals surface area contributed by atoms with E-state index in [1.165, 1.54) is 6.07 Å². The van der Waals surface area contributed by atoms with E-state index in [2.05, 4.69) is 26.3 Å². The first-order chi connectivity index (χ1) is 9.40. The van der Waals surface area contributed by atoms with Crippen molar-refractivity contribution in [3.05, 3.63) is 49.7 Å². The summed E-state index contributed by atoms with van der Waals surface area (Å²) in [6, 6.07) is 4.97. The molecule has 0 atom stereocenters. The molecule has 0 bridgehead atoms. The van der Waals surface area contributed by atoms with Gasteiger partial charge in [-0.25, -0.2) is 0 Å². The summed E-state index contributed by atoms with van der Waals surface area (Å²) in [5.74, 6) is 0. The zero-order valence-corrected chi connectivity index (χ0v) is 13.1. The first-order valence-electron chi connectivity index (χ1n) is 6.07. The van der Waals surface area contributed by atoms with Crippen molar-refractivity contribution in [2.45, 2.75) is 20.4 Å². The summed E-state index contributed by atoms with van der Waals surface area (Å²) in [5.41, 5.74) is 3.59. The van der Waals surface area contributed by atoms with Crippen LogP contribution in [0.4, 0.5) is 11.4 Å². The molecule has 2 aromatic rings. The fraction of sp³-hybridized carbons (Fsp3) is 0.308. The summed E-state index contributed by atoms with van der Waals surface area (Å²) in [5, 5.41) is 18.5. The number of aryl methyl sites for hydroxylation is 2. The van der Waals surface area contributed by atoms with Crippen LogP contribution >= 0.6 is 15.9 Å². The average Bonchev–Trinajstić information content (AvgIpc) is 2.62. The number of hydrogen-bond acceptors (Lipinski definition) is 4. The van der Waals surface area contributed by atoms with Crippen LogP contribution in [0, 0.1) is 24.0 Å². The van der Waals surface area contributed by atoms with Gasteiger partial charge in [0.2, 0.25) is 0 Å². The van der Waals surface area contributed by atoms with E-state index in [1.807, 2.05) is 25.6 Å². The molecule has 0 aliphatic carbocycles. The third-order valence-corrected chi connectivity index (χ3v) is 3.76. The molecule has 0 unspecified atom stereocenters. The number of nitrogens with zero attached hydrogens (tertiary/aromatic N) is 3. The van der Waals surface area contributed by atoms with Crippen LogP contribution in [0.3, 0.4) is 0 Å². The molecule has 106 valence electrons. The monoisotopic (exact) mass is 338 g/mol. The molecule has 2 rings (SSSR count). The minimum atomic E-state index is -0.393. The largest absolute Gasteiger partial charge is 0.375 e. The van der Waals surface area contributed by atoms with Gasteiger partial charge in [0.15, 0.2) is 0 Å². The number of nitro groups is 1. The van der Waals surface area contributed by atoms with E-state index >= 15 is 0 Å². The fourth-order valence-electron chi connectivity index (χ4n) is 2.06. The standard InChI is InChI=1S/C13H15BrN4O2/c1-8-11(9(2)17(3)16-8)7-15-12-5-4-10(14)6-13(12)18(19)20/h4-6,15H,7H2,1-3H3. The van der Waals surface area contributed by atoms with Crippen LogP contribution in [0.1, 0.15) is 17.0 Å². The Balaban J connectivity index is 2.25. The molecule has 0 amide bonds. The molecule has 0 spiro atoms. The lowest BCUT2D eigenvalue weighted by Crippen LogP contribution is -2.04. The molecule has 0 radical (unpaired) electrons. The van der Waals surface area contributed by atoms with Gasteiger partial charge in [0, 0.05) is 35.4 Å². The summed E-state index contributed by atoms with van der Waals surface area (Å²) in [6.45, 7) is 4.42. The predicted octanol–water partition coefficient (Wildman–Crippen LogP) is 3.32. The SMILES string of the molecule is Cc1nn(C)c(C)c1CNc1ccc(Br)cc1[N+](=O)[O-]. The Morgan fingerprint density at radius 2 is 2.15 bits per heavy atom. The third-order valence-electron chi connectivity index (χ3n) is 3.27. The van der Waals surface area contributed by atoms with Crippen LogP contribution < -0.4 is 5.32 Å². The summed E-state index contributed by atoms with van der Waals surface area (Å²) in [6.07, 6.45) is 0. The number of rotatable bonds is 4. The van der Waals surface area contributed by atoms with Crippen LogP contribution in [0.2, 0.25) is 0 Å². The molecule has 1 aromatic carbocycles. The molecule has 0 saturated heterocycles. The lowest BCUT2D eigenvalue weighted by atomic mass is 10.2. The van der Waals surface area contributed by atoms with E-state index < -0.39 is 4.92 Å². The molecule has 1 N–H and O–H groups in total. The molecular weight excluding hydrogens is 324 g/mol. The van der Waals surface area contributed by atoms with E-state index in [0.29, 0.717) is 16.7 Å². The van der Waals surface area contributed by atoms with Crippen molar-refractivity contribution in [3.8, 4) is 0 Å². The number of nitrogens with one attached hydrogen (secondary N) is 1. The molecule has 0 fully saturated rings. The van der Waals surface area contributed by atoms with E-state index in [4.69, 9.17) is 0 Å². The van der Waals surface area contributed by atoms with Gasteiger partial charge < -0.3 is 5.32 Å². The van der Waals surface area contributed by atoms with Gasteiger partial charge in [0.25, 0.3) is 5.69 Å². The van der Waals surface area contributed by atoms with Crippen LogP contribution in [-0.2, 0) is 13.6 Å². The van der Waals surface area contributed by atoms with Gasteiger partial charge in [0.1, 0.15) is 5.69 Å². The van der Waals surface area contributed by atoms with Crippen LogP contribution in [0.5, 0.6) is 0 Å². The molecule has 0 aliphatic heterocycles. The van der Waals surface area contributed by atoms with Crippen molar-refractivity contribution in [2.24, 2.45) is 7.05 Å². The fourth-order valence-corrected chi connectivity index (χ4v) is 2.41. The van der Waals surface area contributed by atoms with Crippen molar-refractivity contribution < 1.29 is 4.92 Å². The first-order valence-corrected chi connectivity index (χ1v) is 6.86. The lowest BCUT2D eigenvalue weighted by molar-refractivity contribution is -0.384. The highest BCUT2D eigenvalue weighted by molar-refractivity contribution is 9.10. The molecule has 7 heteroatoms. The van der Waals surface area contributed by atoms with Crippen molar-refractivity contribution in [2.75, 3.05) is 5.32 Å². The number of hydrogen-bond donors (Lipinski definition) is 1. The van der Waals surface area contributed by atoms with Gasteiger partial charge in [-0.15, -0.1) is 0 Å². The zero-order valence-electron chi connectivity index (χ0n) is 11.5. The van der Waals surface area contributed by atoms with Gasteiger partial charge in [-0.1, -0.05) is 15.9 Å². The molecule has 20 heavy (non-hydrogen) atoms. The van der Waals surface area contributed by atoms with Gasteiger partial charge >= 0.3 is 0 Å². The van der Waals surface area contributed by atoms with Gasteiger partial charge in [-0.05, 0) is 26.0 Å². The molecule has 1 aromatic heterocycles. The zero-order chi connectivity index (χ0) is 14.9. The van der Waals surface area contributed by atoms with E-state index in [1.54, 1.807) is 12.1 Å². The Morgan fingerprint density at radius 1 is 1.45 bits per heavy atom. The number of benzene rings is 1. The molecular formula is C13H15BrN4O2. The van der Waals surface area contributed by atoms with Crippen LogP contribution in [-0.4, -0.2) is 14.7 Å². The van der Waals surface area contributed by atoms with E-state index in [-0.39, 0.29) is 5.69 Å². The Labute approximate surface area is 125 Å². The predicted molar refractivity (Wildman–Crippen MR) is 80.8 cm³/mol. The minimum absolute atomic E-state index is 0.0542. The topological polar surface area (TPSA) is 73.0 Å². The maximum atomic E-state index is 11.1. The summed E-state index contributed by atoms with van der Waals surface area (Å²) in [4.78, 5) is 10.7. The summed E-state index contributed by atoms with van der Waals surface area (Å²) < 4.78 is 2.49. The Bertz CT molecular complexity index is 667.